The highest BCUT2D eigenvalue weighted by molar-refractivity contribution is 9.10. The minimum Gasteiger partial charge on any atom is -0.378 e. The van der Waals surface area contributed by atoms with E-state index in [4.69, 9.17) is 11.6 Å². The molecule has 3 rings (SSSR count). The largest absolute Gasteiger partial charge is 0.378 e. The van der Waals surface area contributed by atoms with Gasteiger partial charge in [0.15, 0.2) is 0 Å². The molecule has 0 amide bonds. The van der Waals surface area contributed by atoms with E-state index in [-0.39, 0.29) is 5.56 Å². The van der Waals surface area contributed by atoms with Crippen LogP contribution in [0.1, 0.15) is 5.69 Å². The highest BCUT2D eigenvalue weighted by atomic mass is 79.9. The van der Waals surface area contributed by atoms with Crippen molar-refractivity contribution in [2.75, 3.05) is 5.32 Å². The van der Waals surface area contributed by atoms with Crippen molar-refractivity contribution in [2.45, 2.75) is 6.54 Å². The summed E-state index contributed by atoms with van der Waals surface area (Å²) in [4.78, 5) is 16.4. The van der Waals surface area contributed by atoms with Gasteiger partial charge in [-0.2, -0.15) is 0 Å². The third-order valence-corrected chi connectivity index (χ3v) is 3.82. The molecule has 2 aromatic heterocycles. The predicted octanol–water partition coefficient (Wildman–Crippen LogP) is 3.72. The predicted molar refractivity (Wildman–Crippen MR) is 87.9 cm³/mol. The molecule has 0 spiro atoms. The first-order valence-corrected chi connectivity index (χ1v) is 7.47. The van der Waals surface area contributed by atoms with Gasteiger partial charge in [0.1, 0.15) is 5.65 Å². The molecule has 0 saturated carbocycles. The van der Waals surface area contributed by atoms with Gasteiger partial charge < -0.3 is 5.32 Å². The number of rotatable bonds is 3. The Morgan fingerprint density at radius 3 is 2.90 bits per heavy atom. The van der Waals surface area contributed by atoms with Crippen LogP contribution in [0, 0.1) is 0 Å². The number of hydrogen-bond acceptors (Lipinski definition) is 3. The lowest BCUT2D eigenvalue weighted by atomic mass is 10.3. The van der Waals surface area contributed by atoms with Crippen LogP contribution >= 0.6 is 27.5 Å². The number of hydrogen-bond donors (Lipinski definition) is 1. The number of pyridine rings is 1. The Balaban J connectivity index is 1.87. The van der Waals surface area contributed by atoms with Gasteiger partial charge in [0.25, 0.3) is 5.56 Å². The highest BCUT2D eigenvalue weighted by Gasteiger charge is 2.04. The number of benzene rings is 1. The molecule has 1 aromatic carbocycles. The molecule has 4 nitrogen and oxygen atoms in total. The first-order valence-electron chi connectivity index (χ1n) is 6.30. The van der Waals surface area contributed by atoms with Crippen LogP contribution in [-0.2, 0) is 6.54 Å². The van der Waals surface area contributed by atoms with E-state index in [1.807, 2.05) is 24.3 Å². The van der Waals surface area contributed by atoms with Crippen LogP contribution in [0.2, 0.25) is 5.02 Å². The Kier molecular flexibility index (Phi) is 3.94. The van der Waals surface area contributed by atoms with Gasteiger partial charge in [-0.3, -0.25) is 9.20 Å². The van der Waals surface area contributed by atoms with Crippen LogP contribution in [-0.4, -0.2) is 9.38 Å². The van der Waals surface area contributed by atoms with Crippen molar-refractivity contribution in [1.29, 1.82) is 0 Å². The van der Waals surface area contributed by atoms with E-state index in [1.165, 1.54) is 10.5 Å². The second kappa shape index (κ2) is 5.87. The van der Waals surface area contributed by atoms with Crippen LogP contribution in [0.3, 0.4) is 0 Å². The maximum atomic E-state index is 12.0. The van der Waals surface area contributed by atoms with E-state index < -0.39 is 0 Å². The summed E-state index contributed by atoms with van der Waals surface area (Å²) in [6, 6.07) is 12.6. The van der Waals surface area contributed by atoms with Crippen molar-refractivity contribution in [3.63, 3.8) is 0 Å². The third-order valence-electron chi connectivity index (χ3n) is 3.02. The fraction of sp³-hybridized carbons (Fsp3) is 0.0667. The highest BCUT2D eigenvalue weighted by Crippen LogP contribution is 2.25. The Labute approximate surface area is 134 Å². The van der Waals surface area contributed by atoms with Gasteiger partial charge in [-0.25, -0.2) is 4.98 Å². The molecule has 0 radical (unpaired) electrons. The minimum absolute atomic E-state index is 0.0979. The summed E-state index contributed by atoms with van der Waals surface area (Å²) < 4.78 is 2.43. The molecule has 6 heteroatoms. The molecule has 1 N–H and O–H groups in total. The topological polar surface area (TPSA) is 46.4 Å². The average Bonchev–Trinajstić information content (AvgIpc) is 2.46. The van der Waals surface area contributed by atoms with Gasteiger partial charge in [0.2, 0.25) is 0 Å². The lowest BCUT2D eigenvalue weighted by Crippen LogP contribution is -2.16. The van der Waals surface area contributed by atoms with E-state index in [0.717, 1.165) is 10.2 Å². The summed E-state index contributed by atoms with van der Waals surface area (Å²) in [6.07, 6.45) is 1.70. The molecule has 0 aliphatic rings. The SMILES string of the molecule is O=c1cc(CNc2ccc(Br)cc2Cl)nc2ccccn12. The van der Waals surface area contributed by atoms with Crippen molar-refractivity contribution >= 4 is 38.9 Å². The molecule has 0 unspecified atom stereocenters. The Hall–Kier alpha value is -1.85. The zero-order chi connectivity index (χ0) is 14.8. The molecule has 0 fully saturated rings. The lowest BCUT2D eigenvalue weighted by Gasteiger charge is -2.09. The Bertz CT molecular complexity index is 863. The molecule has 0 aliphatic heterocycles. The summed E-state index contributed by atoms with van der Waals surface area (Å²) in [7, 11) is 0. The van der Waals surface area contributed by atoms with E-state index in [0.29, 0.717) is 22.9 Å². The van der Waals surface area contributed by atoms with Crippen LogP contribution in [0.4, 0.5) is 5.69 Å². The van der Waals surface area contributed by atoms with Crippen molar-refractivity contribution in [2.24, 2.45) is 0 Å². The van der Waals surface area contributed by atoms with Crippen molar-refractivity contribution in [3.05, 3.63) is 74.2 Å². The smallest absolute Gasteiger partial charge is 0.258 e. The Morgan fingerprint density at radius 2 is 2.10 bits per heavy atom. The van der Waals surface area contributed by atoms with Crippen LogP contribution in [0.15, 0.2) is 57.9 Å². The summed E-state index contributed by atoms with van der Waals surface area (Å²) in [5.41, 5.74) is 2.00. The summed E-state index contributed by atoms with van der Waals surface area (Å²) in [5, 5.41) is 3.80. The fourth-order valence-corrected chi connectivity index (χ4v) is 2.75. The van der Waals surface area contributed by atoms with Gasteiger partial charge >= 0.3 is 0 Å². The number of nitrogens with zero attached hydrogens (tertiary/aromatic N) is 2. The van der Waals surface area contributed by atoms with E-state index in [9.17, 15) is 4.79 Å². The second-order valence-corrected chi connectivity index (χ2v) is 5.82. The van der Waals surface area contributed by atoms with E-state index in [2.05, 4.69) is 26.2 Å². The van der Waals surface area contributed by atoms with Crippen molar-refractivity contribution in [3.8, 4) is 0 Å². The van der Waals surface area contributed by atoms with Crippen LogP contribution in [0.5, 0.6) is 0 Å². The molecule has 21 heavy (non-hydrogen) atoms. The maximum absolute atomic E-state index is 12.0. The van der Waals surface area contributed by atoms with E-state index in [1.54, 1.807) is 18.3 Å². The standard InChI is InChI=1S/C15H11BrClN3O/c16-10-4-5-13(12(17)7-10)18-9-11-8-15(21)20-6-2-1-3-14(20)19-11/h1-8,18H,9H2. The van der Waals surface area contributed by atoms with Gasteiger partial charge in [-0.1, -0.05) is 33.6 Å². The summed E-state index contributed by atoms with van der Waals surface area (Å²) in [6.45, 7) is 0.433. The van der Waals surface area contributed by atoms with Gasteiger partial charge in [-0.05, 0) is 30.3 Å². The van der Waals surface area contributed by atoms with Crippen LogP contribution in [0.25, 0.3) is 5.65 Å². The fourth-order valence-electron chi connectivity index (χ4n) is 2.01. The minimum atomic E-state index is -0.0979. The second-order valence-electron chi connectivity index (χ2n) is 4.49. The van der Waals surface area contributed by atoms with Crippen molar-refractivity contribution in [1.82, 2.24) is 9.38 Å². The molecule has 3 aromatic rings. The molecule has 0 aliphatic carbocycles. The first kappa shape index (κ1) is 14.1. The molecule has 0 atom stereocenters. The third kappa shape index (κ3) is 3.09. The number of nitrogens with one attached hydrogen (secondary N) is 1. The zero-order valence-corrected chi connectivity index (χ0v) is 13.2. The molecule has 106 valence electrons. The van der Waals surface area contributed by atoms with Crippen LogP contribution < -0.4 is 10.9 Å². The molecular formula is C15H11BrClN3O. The van der Waals surface area contributed by atoms with Gasteiger partial charge in [0.05, 0.1) is 22.9 Å². The quantitative estimate of drug-likeness (QED) is 0.770. The number of anilines is 1. The summed E-state index contributed by atoms with van der Waals surface area (Å²) >= 11 is 9.50. The van der Waals surface area contributed by atoms with Gasteiger partial charge in [0, 0.05) is 16.7 Å². The normalized spacial score (nSPS) is 10.8. The molecule has 0 saturated heterocycles. The number of aromatic nitrogens is 2. The molecule has 2 heterocycles. The zero-order valence-electron chi connectivity index (χ0n) is 10.9. The van der Waals surface area contributed by atoms with Crippen molar-refractivity contribution < 1.29 is 0 Å². The number of fused-ring (bicyclic) bond motifs is 1. The van der Waals surface area contributed by atoms with E-state index >= 15 is 0 Å². The van der Waals surface area contributed by atoms with Gasteiger partial charge in [-0.15, -0.1) is 0 Å². The number of halogens is 2. The summed E-state index contributed by atoms with van der Waals surface area (Å²) in [5.74, 6) is 0. The molecule has 0 bridgehead atoms. The Morgan fingerprint density at radius 1 is 1.24 bits per heavy atom. The maximum Gasteiger partial charge on any atom is 0.258 e. The first-order chi connectivity index (χ1) is 10.1. The monoisotopic (exact) mass is 363 g/mol. The average molecular weight is 365 g/mol. The lowest BCUT2D eigenvalue weighted by molar-refractivity contribution is 0.971. The molecular weight excluding hydrogens is 354 g/mol.